The number of thiazole rings is 1. The maximum atomic E-state index is 13.0. The molecule has 196 valence electrons. The summed E-state index contributed by atoms with van der Waals surface area (Å²) in [5, 5.41) is 26.2. The van der Waals surface area contributed by atoms with Crippen LogP contribution in [-0.4, -0.2) is 88.7 Å². The average Bonchev–Trinajstić information content (AvgIpc) is 3.58. The van der Waals surface area contributed by atoms with Gasteiger partial charge >= 0.3 is 5.97 Å². The molecule has 0 radical (unpaired) electrons. The van der Waals surface area contributed by atoms with Crippen LogP contribution in [0.25, 0.3) is 11.4 Å². The van der Waals surface area contributed by atoms with Crippen LogP contribution in [0.5, 0.6) is 0 Å². The molecule has 2 atom stereocenters. The van der Waals surface area contributed by atoms with Gasteiger partial charge < -0.3 is 26.0 Å². The summed E-state index contributed by atoms with van der Waals surface area (Å²) < 4.78 is 0. The molecule has 38 heavy (non-hydrogen) atoms. The van der Waals surface area contributed by atoms with Crippen LogP contribution in [-0.2, 0) is 19.2 Å². The highest BCUT2D eigenvalue weighted by atomic mass is 32.2. The second-order valence-electron chi connectivity index (χ2n) is 7.82. The Kier molecular flexibility index (Phi) is 7.30. The van der Waals surface area contributed by atoms with E-state index in [1.165, 1.54) is 35.5 Å². The normalized spacial score (nSPS) is 19.1. The van der Waals surface area contributed by atoms with E-state index in [0.717, 1.165) is 16.9 Å². The monoisotopic (exact) mass is 573 g/mol. The molecule has 14 nitrogen and oxygen atoms in total. The van der Waals surface area contributed by atoms with Crippen molar-refractivity contribution >= 4 is 63.5 Å². The summed E-state index contributed by atoms with van der Waals surface area (Å²) in [6, 6.07) is 2.64. The Morgan fingerprint density at radius 2 is 2.16 bits per heavy atom. The highest BCUT2D eigenvalue weighted by Gasteiger charge is 2.54. The second kappa shape index (κ2) is 10.8. The Hall–Kier alpha value is -3.96. The van der Waals surface area contributed by atoms with E-state index < -0.39 is 29.2 Å². The Morgan fingerprint density at radius 3 is 2.84 bits per heavy atom. The molecule has 2 amide bonds. The number of fused-ring (bicyclic) bond motifs is 1. The lowest BCUT2D eigenvalue weighted by Crippen LogP contribution is -2.71. The summed E-state index contributed by atoms with van der Waals surface area (Å²) >= 11 is 3.76. The summed E-state index contributed by atoms with van der Waals surface area (Å²) in [7, 11) is 1.28. The van der Waals surface area contributed by atoms with Crippen molar-refractivity contribution in [1.82, 2.24) is 35.4 Å². The van der Waals surface area contributed by atoms with Gasteiger partial charge in [-0.3, -0.25) is 19.5 Å². The van der Waals surface area contributed by atoms with E-state index in [4.69, 9.17) is 10.6 Å². The lowest BCUT2D eigenvalue weighted by atomic mass is 10.0. The van der Waals surface area contributed by atoms with Crippen LogP contribution in [0.15, 0.2) is 51.5 Å². The zero-order chi connectivity index (χ0) is 26.8. The fraction of sp³-hybridized carbons (Fsp3) is 0.238. The van der Waals surface area contributed by atoms with Gasteiger partial charge in [0.15, 0.2) is 21.8 Å². The molecule has 5 N–H and O–H groups in total. The third-order valence-electron chi connectivity index (χ3n) is 5.50. The number of carbonyl (C=O) groups is 3. The van der Waals surface area contributed by atoms with Crippen molar-refractivity contribution in [2.45, 2.75) is 16.6 Å². The van der Waals surface area contributed by atoms with Crippen LogP contribution in [0, 0.1) is 0 Å². The van der Waals surface area contributed by atoms with E-state index in [1.807, 2.05) is 0 Å². The molecule has 1 unspecified atom stereocenters. The van der Waals surface area contributed by atoms with Crippen molar-refractivity contribution < 1.29 is 24.3 Å². The van der Waals surface area contributed by atoms with Crippen LogP contribution >= 0.6 is 34.9 Å². The van der Waals surface area contributed by atoms with Gasteiger partial charge in [-0.15, -0.1) is 33.3 Å². The summed E-state index contributed by atoms with van der Waals surface area (Å²) in [6.45, 7) is 0. The highest BCUT2D eigenvalue weighted by Crippen LogP contribution is 2.41. The number of β-lactam (4-membered cyclic amide) rings is 1. The van der Waals surface area contributed by atoms with E-state index in [-0.39, 0.29) is 28.0 Å². The predicted molar refractivity (Wildman–Crippen MR) is 140 cm³/mol. The van der Waals surface area contributed by atoms with E-state index >= 15 is 0 Å². The number of hydrogen-bond donors (Lipinski definition) is 4. The maximum Gasteiger partial charge on any atom is 0.352 e. The van der Waals surface area contributed by atoms with Crippen LogP contribution in [0.2, 0.25) is 0 Å². The molecule has 2 aliphatic heterocycles. The Morgan fingerprint density at radius 1 is 1.37 bits per heavy atom. The lowest BCUT2D eigenvalue weighted by molar-refractivity contribution is -0.150. The Balaban J connectivity index is 1.28. The molecule has 0 spiro atoms. The van der Waals surface area contributed by atoms with Crippen molar-refractivity contribution in [3.63, 3.8) is 0 Å². The number of nitrogens with two attached hydrogens (primary N) is 1. The number of hydrogen-bond acceptors (Lipinski definition) is 13. The van der Waals surface area contributed by atoms with Crippen molar-refractivity contribution in [3.8, 4) is 11.4 Å². The highest BCUT2D eigenvalue weighted by molar-refractivity contribution is 8.01. The molecule has 0 aromatic carbocycles. The standard InChI is InChI=1S/C21H19N9O5S3/c1-35-29-12(11-8-37-20(22)24-11)16(31)25-13-17(32)30-14(19(33)34)10(6-36-18(13)30)7-38-21-26-15(27-28-21)9-2-4-23-5-3-9/h2-5,8,13,18H,6-7H2,1H3,(H2,22,24)(H,25,31)(H,33,34)(H,26,27,28)/t13?,18-/m0/s1. The van der Waals surface area contributed by atoms with Crippen molar-refractivity contribution in [1.29, 1.82) is 0 Å². The number of nitrogens with zero attached hydrogens (tertiary/aromatic N) is 6. The molecule has 17 heteroatoms. The van der Waals surface area contributed by atoms with Gasteiger partial charge in [0.2, 0.25) is 0 Å². The quantitative estimate of drug-likeness (QED) is 0.121. The lowest BCUT2D eigenvalue weighted by Gasteiger charge is -2.49. The number of aromatic amines is 1. The first-order chi connectivity index (χ1) is 18.4. The number of pyridine rings is 1. The number of amides is 2. The molecule has 0 aliphatic carbocycles. The van der Waals surface area contributed by atoms with Crippen molar-refractivity contribution in [3.05, 3.63) is 46.9 Å². The van der Waals surface area contributed by atoms with Gasteiger partial charge in [0, 0.05) is 34.8 Å². The van der Waals surface area contributed by atoms with E-state index in [0.29, 0.717) is 22.3 Å². The SMILES string of the molecule is CON=C(C(=O)NC1C(=O)N2C(C(=O)O)=C(CSc3nnc(-c4ccncc4)[nH]3)CS[C@@H]12)c1csc(N)n1. The zero-order valence-electron chi connectivity index (χ0n) is 19.5. The first kappa shape index (κ1) is 25.7. The molecular formula is C21H19N9O5S3. The largest absolute Gasteiger partial charge is 0.477 e. The molecule has 3 aromatic rings. The van der Waals surface area contributed by atoms with E-state index in [9.17, 15) is 19.5 Å². The van der Waals surface area contributed by atoms with E-state index in [2.05, 4.69) is 35.6 Å². The number of thioether (sulfide) groups is 2. The van der Waals surface area contributed by atoms with Crippen LogP contribution in [0.4, 0.5) is 5.13 Å². The van der Waals surface area contributed by atoms with Crippen LogP contribution in [0.3, 0.4) is 0 Å². The summed E-state index contributed by atoms with van der Waals surface area (Å²) in [4.78, 5) is 55.1. The number of carbonyl (C=O) groups excluding carboxylic acids is 2. The molecule has 2 aliphatic rings. The average molecular weight is 574 g/mol. The number of aromatic nitrogens is 5. The van der Waals surface area contributed by atoms with Gasteiger partial charge in [0.1, 0.15) is 29.9 Å². The minimum absolute atomic E-state index is 0.0938. The number of carboxylic acid groups (broad SMARTS) is 1. The molecule has 5 rings (SSSR count). The number of oxime groups is 1. The van der Waals surface area contributed by atoms with Gasteiger partial charge in [-0.2, -0.15) is 0 Å². The van der Waals surface area contributed by atoms with Crippen LogP contribution in [0.1, 0.15) is 5.69 Å². The number of aliphatic carboxylic acids is 1. The van der Waals surface area contributed by atoms with Crippen molar-refractivity contribution in [2.75, 3.05) is 24.3 Å². The van der Waals surface area contributed by atoms with E-state index in [1.54, 1.807) is 29.9 Å². The van der Waals surface area contributed by atoms with Crippen LogP contribution < -0.4 is 11.1 Å². The molecule has 0 bridgehead atoms. The number of rotatable bonds is 9. The topological polar surface area (TPSA) is 202 Å². The zero-order valence-corrected chi connectivity index (χ0v) is 22.0. The fourth-order valence-corrected chi connectivity index (χ4v) is 6.64. The number of carboxylic acids is 1. The summed E-state index contributed by atoms with van der Waals surface area (Å²) in [6.07, 6.45) is 3.29. The van der Waals surface area contributed by atoms with Crippen molar-refractivity contribution in [2.24, 2.45) is 5.16 Å². The Labute approximate surface area is 227 Å². The number of nitrogens with one attached hydrogen (secondary N) is 2. The number of nitrogen functional groups attached to an aromatic ring is 1. The van der Waals surface area contributed by atoms with Gasteiger partial charge in [-0.25, -0.2) is 9.78 Å². The predicted octanol–water partition coefficient (Wildman–Crippen LogP) is 0.787. The fourth-order valence-electron chi connectivity index (χ4n) is 3.80. The Bertz CT molecular complexity index is 1460. The summed E-state index contributed by atoms with van der Waals surface area (Å²) in [5.74, 6) is -1.25. The first-order valence-electron chi connectivity index (χ1n) is 10.9. The molecule has 1 saturated heterocycles. The molecular weight excluding hydrogens is 554 g/mol. The van der Waals surface area contributed by atoms with Gasteiger partial charge in [0.05, 0.1) is 0 Å². The number of anilines is 1. The first-order valence-corrected chi connectivity index (χ1v) is 13.8. The third kappa shape index (κ3) is 4.94. The molecule has 3 aromatic heterocycles. The van der Waals surface area contributed by atoms with Gasteiger partial charge in [-0.1, -0.05) is 16.9 Å². The summed E-state index contributed by atoms with van der Waals surface area (Å²) in [5.41, 5.74) is 6.99. The van der Waals surface area contributed by atoms with Gasteiger partial charge in [-0.05, 0) is 17.7 Å². The molecule has 0 saturated carbocycles. The maximum absolute atomic E-state index is 13.0. The molecule has 1 fully saturated rings. The number of H-pyrrole nitrogens is 1. The molecule has 5 heterocycles. The minimum atomic E-state index is -1.22. The third-order valence-corrected chi connectivity index (χ3v) is 8.47. The smallest absolute Gasteiger partial charge is 0.352 e. The minimum Gasteiger partial charge on any atom is -0.477 e. The second-order valence-corrected chi connectivity index (χ2v) is 10.8. The van der Waals surface area contributed by atoms with Gasteiger partial charge in [0.25, 0.3) is 11.8 Å².